The first-order chi connectivity index (χ1) is 10.1. The highest BCUT2D eigenvalue weighted by Crippen LogP contribution is 2.21. The standard InChI is InChI=1S/C16H16Cl2N2O/c1-19-14-6-3-12(4-7-14)16(21)20-9-8-11-2-5-13(17)10-15(11)18/h2-7,10,19H,8-9H2,1H3,(H,20,21). The lowest BCUT2D eigenvalue weighted by Crippen LogP contribution is -2.25. The zero-order chi connectivity index (χ0) is 15.2. The van der Waals surface area contributed by atoms with Crippen LogP contribution in [0, 0.1) is 0 Å². The van der Waals surface area contributed by atoms with Gasteiger partial charge in [-0.05, 0) is 48.4 Å². The Morgan fingerprint density at radius 1 is 1.10 bits per heavy atom. The normalized spacial score (nSPS) is 10.2. The molecule has 0 fully saturated rings. The van der Waals surface area contributed by atoms with Gasteiger partial charge in [-0.2, -0.15) is 0 Å². The molecule has 0 unspecified atom stereocenters. The van der Waals surface area contributed by atoms with Crippen LogP contribution in [0.2, 0.25) is 10.0 Å². The number of anilines is 1. The summed E-state index contributed by atoms with van der Waals surface area (Å²) < 4.78 is 0. The van der Waals surface area contributed by atoms with Crippen molar-refractivity contribution in [2.45, 2.75) is 6.42 Å². The van der Waals surface area contributed by atoms with Gasteiger partial charge in [0.1, 0.15) is 0 Å². The van der Waals surface area contributed by atoms with Gasteiger partial charge < -0.3 is 10.6 Å². The Bertz CT molecular complexity index is 627. The largest absolute Gasteiger partial charge is 0.388 e. The Morgan fingerprint density at radius 3 is 2.43 bits per heavy atom. The second-order valence-electron chi connectivity index (χ2n) is 4.57. The van der Waals surface area contributed by atoms with E-state index in [0.29, 0.717) is 28.6 Å². The molecule has 0 saturated carbocycles. The van der Waals surface area contributed by atoms with E-state index in [-0.39, 0.29) is 5.91 Å². The Balaban J connectivity index is 1.88. The third-order valence-electron chi connectivity index (χ3n) is 3.13. The minimum atomic E-state index is -0.0947. The van der Waals surface area contributed by atoms with Crippen LogP contribution >= 0.6 is 23.2 Å². The molecule has 1 amide bonds. The van der Waals surface area contributed by atoms with Gasteiger partial charge in [-0.3, -0.25) is 4.79 Å². The highest BCUT2D eigenvalue weighted by molar-refractivity contribution is 6.35. The average molecular weight is 323 g/mol. The number of hydrogen-bond acceptors (Lipinski definition) is 2. The quantitative estimate of drug-likeness (QED) is 0.873. The van der Waals surface area contributed by atoms with Gasteiger partial charge in [-0.15, -0.1) is 0 Å². The predicted octanol–water partition coefficient (Wildman–Crippen LogP) is 4.01. The Morgan fingerprint density at radius 2 is 1.81 bits per heavy atom. The summed E-state index contributed by atoms with van der Waals surface area (Å²) in [5, 5.41) is 7.12. The fourth-order valence-corrected chi connectivity index (χ4v) is 2.43. The molecule has 0 saturated heterocycles. The van der Waals surface area contributed by atoms with Crippen LogP contribution in [0.3, 0.4) is 0 Å². The lowest BCUT2D eigenvalue weighted by atomic mass is 10.1. The second kappa shape index (κ2) is 7.34. The van der Waals surface area contributed by atoms with Crippen molar-refractivity contribution in [1.29, 1.82) is 0 Å². The molecule has 0 aliphatic carbocycles. The zero-order valence-corrected chi connectivity index (χ0v) is 13.1. The lowest BCUT2D eigenvalue weighted by Gasteiger charge is -2.08. The van der Waals surface area contributed by atoms with E-state index in [2.05, 4.69) is 10.6 Å². The number of rotatable bonds is 5. The number of carbonyl (C=O) groups is 1. The Hall–Kier alpha value is -1.71. The van der Waals surface area contributed by atoms with Gasteiger partial charge in [-0.1, -0.05) is 29.3 Å². The topological polar surface area (TPSA) is 41.1 Å². The molecule has 2 N–H and O–H groups in total. The molecule has 0 spiro atoms. The van der Waals surface area contributed by atoms with Crippen LogP contribution < -0.4 is 10.6 Å². The highest BCUT2D eigenvalue weighted by Gasteiger charge is 2.06. The van der Waals surface area contributed by atoms with Gasteiger partial charge >= 0.3 is 0 Å². The number of halogens is 2. The maximum absolute atomic E-state index is 12.0. The molecule has 0 aliphatic rings. The second-order valence-corrected chi connectivity index (χ2v) is 5.41. The third-order valence-corrected chi connectivity index (χ3v) is 3.72. The van der Waals surface area contributed by atoms with Crippen molar-refractivity contribution >= 4 is 34.8 Å². The van der Waals surface area contributed by atoms with Crippen LogP contribution in [0.15, 0.2) is 42.5 Å². The smallest absolute Gasteiger partial charge is 0.251 e. The van der Waals surface area contributed by atoms with Crippen LogP contribution in [-0.2, 0) is 6.42 Å². The number of carbonyl (C=O) groups excluding carboxylic acids is 1. The summed E-state index contributed by atoms with van der Waals surface area (Å²) in [6.07, 6.45) is 0.663. The fourth-order valence-electron chi connectivity index (χ4n) is 1.93. The summed E-state index contributed by atoms with van der Waals surface area (Å²) in [4.78, 5) is 12.0. The van der Waals surface area contributed by atoms with Crippen molar-refractivity contribution in [3.05, 3.63) is 63.6 Å². The summed E-state index contributed by atoms with van der Waals surface area (Å²) in [6.45, 7) is 0.522. The Labute approximate surface area is 134 Å². The summed E-state index contributed by atoms with van der Waals surface area (Å²) >= 11 is 11.9. The van der Waals surface area contributed by atoms with E-state index in [1.165, 1.54) is 0 Å². The molecule has 0 heterocycles. The van der Waals surface area contributed by atoms with Gasteiger partial charge in [0.25, 0.3) is 5.91 Å². The summed E-state index contributed by atoms with van der Waals surface area (Å²) in [6, 6.07) is 12.7. The number of nitrogens with one attached hydrogen (secondary N) is 2. The molecule has 2 rings (SSSR count). The number of hydrogen-bond donors (Lipinski definition) is 2. The molecule has 0 bridgehead atoms. The number of amides is 1. The van der Waals surface area contributed by atoms with Crippen molar-refractivity contribution in [1.82, 2.24) is 5.32 Å². The van der Waals surface area contributed by atoms with E-state index in [9.17, 15) is 4.79 Å². The molecule has 110 valence electrons. The molecule has 0 atom stereocenters. The van der Waals surface area contributed by atoms with Gasteiger partial charge in [-0.25, -0.2) is 0 Å². The molecular formula is C16H16Cl2N2O. The summed E-state index contributed by atoms with van der Waals surface area (Å²) in [5.41, 5.74) is 2.57. The van der Waals surface area contributed by atoms with Gasteiger partial charge in [0.15, 0.2) is 0 Å². The van der Waals surface area contributed by atoms with Crippen molar-refractivity contribution < 1.29 is 4.79 Å². The van der Waals surface area contributed by atoms with E-state index in [1.54, 1.807) is 24.3 Å². The van der Waals surface area contributed by atoms with Gasteiger partial charge in [0.05, 0.1) is 0 Å². The first-order valence-electron chi connectivity index (χ1n) is 6.60. The van der Waals surface area contributed by atoms with Crippen molar-refractivity contribution in [2.75, 3.05) is 18.9 Å². The lowest BCUT2D eigenvalue weighted by molar-refractivity contribution is 0.0954. The summed E-state index contributed by atoms with van der Waals surface area (Å²) in [5.74, 6) is -0.0947. The molecule has 3 nitrogen and oxygen atoms in total. The van der Waals surface area contributed by atoms with Crippen molar-refractivity contribution in [3.63, 3.8) is 0 Å². The van der Waals surface area contributed by atoms with Crippen LogP contribution in [-0.4, -0.2) is 19.5 Å². The van der Waals surface area contributed by atoms with Gasteiger partial charge in [0, 0.05) is 34.9 Å². The molecule has 21 heavy (non-hydrogen) atoms. The molecule has 2 aromatic rings. The van der Waals surface area contributed by atoms with Crippen LogP contribution in [0.1, 0.15) is 15.9 Å². The number of benzene rings is 2. The van der Waals surface area contributed by atoms with E-state index in [4.69, 9.17) is 23.2 Å². The van der Waals surface area contributed by atoms with E-state index >= 15 is 0 Å². The molecule has 5 heteroatoms. The monoisotopic (exact) mass is 322 g/mol. The minimum absolute atomic E-state index is 0.0947. The predicted molar refractivity (Wildman–Crippen MR) is 88.5 cm³/mol. The molecule has 2 aromatic carbocycles. The van der Waals surface area contributed by atoms with Crippen LogP contribution in [0.25, 0.3) is 0 Å². The average Bonchev–Trinajstić information content (AvgIpc) is 2.49. The van der Waals surface area contributed by atoms with Crippen LogP contribution in [0.4, 0.5) is 5.69 Å². The first-order valence-corrected chi connectivity index (χ1v) is 7.35. The highest BCUT2D eigenvalue weighted by atomic mass is 35.5. The van der Waals surface area contributed by atoms with Gasteiger partial charge in [0.2, 0.25) is 0 Å². The SMILES string of the molecule is CNc1ccc(C(=O)NCCc2ccc(Cl)cc2Cl)cc1. The fraction of sp³-hybridized carbons (Fsp3) is 0.188. The maximum atomic E-state index is 12.0. The maximum Gasteiger partial charge on any atom is 0.251 e. The molecular weight excluding hydrogens is 307 g/mol. The van der Waals surface area contributed by atoms with Crippen molar-refractivity contribution in [3.8, 4) is 0 Å². The molecule has 0 radical (unpaired) electrons. The van der Waals surface area contributed by atoms with Crippen molar-refractivity contribution in [2.24, 2.45) is 0 Å². The zero-order valence-electron chi connectivity index (χ0n) is 11.6. The summed E-state index contributed by atoms with van der Waals surface area (Å²) in [7, 11) is 1.84. The van der Waals surface area contributed by atoms with E-state index in [1.807, 2.05) is 25.2 Å². The minimum Gasteiger partial charge on any atom is -0.388 e. The molecule has 0 aromatic heterocycles. The Kier molecular flexibility index (Phi) is 5.48. The van der Waals surface area contributed by atoms with E-state index < -0.39 is 0 Å². The van der Waals surface area contributed by atoms with Crippen LogP contribution in [0.5, 0.6) is 0 Å². The van der Waals surface area contributed by atoms with E-state index in [0.717, 1.165) is 11.3 Å². The third kappa shape index (κ3) is 4.38. The first kappa shape index (κ1) is 15.7. The molecule has 0 aliphatic heterocycles.